The number of rotatable bonds is 4. The maximum atomic E-state index is 13.1. The highest BCUT2D eigenvalue weighted by Gasteiger charge is 2.35. The lowest BCUT2D eigenvalue weighted by Gasteiger charge is -2.44. The van der Waals surface area contributed by atoms with Crippen molar-refractivity contribution in [2.75, 3.05) is 33.9 Å². The van der Waals surface area contributed by atoms with Gasteiger partial charge in [-0.1, -0.05) is 12.8 Å². The van der Waals surface area contributed by atoms with Crippen LogP contribution in [0.5, 0.6) is 11.5 Å². The summed E-state index contributed by atoms with van der Waals surface area (Å²) in [4.78, 5) is 17.6. The molecule has 2 unspecified atom stereocenters. The number of hydrogen-bond acceptors (Lipinski definition) is 4. The minimum absolute atomic E-state index is 0.279. The normalized spacial score (nSPS) is 25.5. The quantitative estimate of drug-likeness (QED) is 0.814. The summed E-state index contributed by atoms with van der Waals surface area (Å²) in [5.74, 6) is 2.61. The van der Waals surface area contributed by atoms with Crippen molar-refractivity contribution in [1.29, 1.82) is 0 Å². The van der Waals surface area contributed by atoms with Crippen molar-refractivity contribution in [3.63, 3.8) is 0 Å². The van der Waals surface area contributed by atoms with Crippen molar-refractivity contribution < 1.29 is 14.3 Å². The van der Waals surface area contributed by atoms with E-state index < -0.39 is 0 Å². The second-order valence-electron chi connectivity index (χ2n) is 8.27. The van der Waals surface area contributed by atoms with E-state index in [0.29, 0.717) is 19.1 Å². The van der Waals surface area contributed by atoms with Gasteiger partial charge in [-0.2, -0.15) is 0 Å². The van der Waals surface area contributed by atoms with E-state index in [-0.39, 0.29) is 5.91 Å². The summed E-state index contributed by atoms with van der Waals surface area (Å²) in [6.07, 6.45) is 8.81. The Morgan fingerprint density at radius 2 is 1.70 bits per heavy atom. The van der Waals surface area contributed by atoms with Crippen LogP contribution in [-0.4, -0.2) is 55.6 Å². The second-order valence-corrected chi connectivity index (χ2v) is 8.27. The molecule has 1 saturated heterocycles. The van der Waals surface area contributed by atoms with Crippen LogP contribution in [0.15, 0.2) is 12.1 Å². The van der Waals surface area contributed by atoms with Crippen LogP contribution in [0.4, 0.5) is 0 Å². The van der Waals surface area contributed by atoms with E-state index >= 15 is 0 Å². The Kier molecular flexibility index (Phi) is 5.58. The molecule has 27 heavy (non-hydrogen) atoms. The molecule has 4 rings (SSSR count). The first-order valence-electron chi connectivity index (χ1n) is 10.4. The molecule has 5 heteroatoms. The number of fused-ring (bicyclic) bond motifs is 2. The van der Waals surface area contributed by atoms with Gasteiger partial charge in [0.15, 0.2) is 11.5 Å². The lowest BCUT2D eigenvalue weighted by molar-refractivity contribution is -0.135. The highest BCUT2D eigenvalue weighted by atomic mass is 16.5. The van der Waals surface area contributed by atoms with Crippen LogP contribution in [0.1, 0.15) is 49.7 Å². The average molecular weight is 373 g/mol. The van der Waals surface area contributed by atoms with E-state index in [2.05, 4.69) is 11.0 Å². The smallest absolute Gasteiger partial charge is 0.237 e. The predicted molar refractivity (Wildman–Crippen MR) is 105 cm³/mol. The Labute approximate surface area is 162 Å². The summed E-state index contributed by atoms with van der Waals surface area (Å²) in [6.45, 7) is 3.14. The fourth-order valence-electron chi connectivity index (χ4n) is 5.29. The van der Waals surface area contributed by atoms with Crippen molar-refractivity contribution in [3.05, 3.63) is 23.3 Å². The number of hydrogen-bond donors (Lipinski definition) is 0. The first-order valence-corrected chi connectivity index (χ1v) is 10.4. The number of benzene rings is 1. The van der Waals surface area contributed by atoms with Crippen LogP contribution in [0.3, 0.4) is 0 Å². The monoisotopic (exact) mass is 372 g/mol. The molecule has 1 aromatic carbocycles. The molecule has 2 atom stereocenters. The average Bonchev–Trinajstić information content (AvgIpc) is 2.72. The van der Waals surface area contributed by atoms with E-state index in [9.17, 15) is 4.79 Å². The summed E-state index contributed by atoms with van der Waals surface area (Å²) in [7, 11) is 3.33. The van der Waals surface area contributed by atoms with Crippen LogP contribution >= 0.6 is 0 Å². The van der Waals surface area contributed by atoms with Crippen LogP contribution in [-0.2, 0) is 17.8 Å². The van der Waals surface area contributed by atoms with Crippen molar-refractivity contribution in [1.82, 2.24) is 9.80 Å². The van der Waals surface area contributed by atoms with E-state index in [1.807, 2.05) is 11.0 Å². The first-order chi connectivity index (χ1) is 13.2. The van der Waals surface area contributed by atoms with Gasteiger partial charge in [-0.15, -0.1) is 0 Å². The molecular formula is C22H32N2O3. The molecule has 0 N–H and O–H groups in total. The van der Waals surface area contributed by atoms with Crippen LogP contribution in [0, 0.1) is 5.92 Å². The third-order valence-corrected chi connectivity index (χ3v) is 6.77. The summed E-state index contributed by atoms with van der Waals surface area (Å²) >= 11 is 0. The molecule has 148 valence electrons. The zero-order valence-electron chi connectivity index (χ0n) is 16.7. The SMILES string of the molecule is COc1cc2c(cc1OC)CN(C(=O)CN1CCCC3CCCCC31)CC2. The second kappa shape index (κ2) is 8.09. The third kappa shape index (κ3) is 3.79. The highest BCUT2D eigenvalue weighted by molar-refractivity contribution is 5.78. The Morgan fingerprint density at radius 3 is 2.48 bits per heavy atom. The summed E-state index contributed by atoms with van der Waals surface area (Å²) in [5, 5.41) is 0. The standard InChI is InChI=1S/C22H32N2O3/c1-26-20-12-17-9-11-24(14-18(17)13-21(20)27-2)22(25)15-23-10-5-7-16-6-3-4-8-19(16)23/h12-13,16,19H,3-11,14-15H2,1-2H3. The number of carbonyl (C=O) groups is 1. The van der Waals surface area contributed by atoms with Gasteiger partial charge in [-0.3, -0.25) is 9.69 Å². The predicted octanol–water partition coefficient (Wildman–Crippen LogP) is 3.24. The maximum Gasteiger partial charge on any atom is 0.237 e. The third-order valence-electron chi connectivity index (χ3n) is 6.77. The van der Waals surface area contributed by atoms with Gasteiger partial charge >= 0.3 is 0 Å². The fraction of sp³-hybridized carbons (Fsp3) is 0.682. The van der Waals surface area contributed by atoms with E-state index in [0.717, 1.165) is 36.9 Å². The van der Waals surface area contributed by atoms with Gasteiger partial charge < -0.3 is 14.4 Å². The van der Waals surface area contributed by atoms with Crippen LogP contribution in [0.2, 0.25) is 0 Å². The van der Waals surface area contributed by atoms with E-state index in [4.69, 9.17) is 9.47 Å². The topological polar surface area (TPSA) is 42.0 Å². The Bertz CT molecular complexity index is 688. The lowest BCUT2D eigenvalue weighted by Crippen LogP contribution is -2.51. The number of carbonyl (C=O) groups excluding carboxylic acids is 1. The van der Waals surface area contributed by atoms with Crippen LogP contribution < -0.4 is 9.47 Å². The lowest BCUT2D eigenvalue weighted by atomic mass is 9.78. The molecule has 5 nitrogen and oxygen atoms in total. The number of amides is 1. The molecule has 0 spiro atoms. The molecule has 1 amide bonds. The van der Waals surface area contributed by atoms with Gasteiger partial charge in [0.25, 0.3) is 0 Å². The Balaban J connectivity index is 1.43. The van der Waals surface area contributed by atoms with Crippen molar-refractivity contribution in [3.8, 4) is 11.5 Å². The van der Waals surface area contributed by atoms with E-state index in [1.165, 1.54) is 49.7 Å². The highest BCUT2D eigenvalue weighted by Crippen LogP contribution is 2.36. The number of nitrogens with zero attached hydrogens (tertiary/aromatic N) is 2. The van der Waals surface area contributed by atoms with Gasteiger partial charge in [0, 0.05) is 19.1 Å². The molecule has 2 aliphatic heterocycles. The fourth-order valence-corrected chi connectivity index (χ4v) is 5.29. The number of ether oxygens (including phenoxy) is 2. The summed E-state index contributed by atoms with van der Waals surface area (Å²) < 4.78 is 10.9. The number of piperidine rings is 1. The molecule has 0 aromatic heterocycles. The van der Waals surface area contributed by atoms with E-state index in [1.54, 1.807) is 14.2 Å². The molecule has 2 heterocycles. The Morgan fingerprint density at radius 1 is 1.00 bits per heavy atom. The molecule has 1 saturated carbocycles. The van der Waals surface area contributed by atoms with Crippen molar-refractivity contribution >= 4 is 5.91 Å². The van der Waals surface area contributed by atoms with Crippen LogP contribution in [0.25, 0.3) is 0 Å². The molecule has 1 aromatic rings. The molecule has 0 bridgehead atoms. The largest absolute Gasteiger partial charge is 0.493 e. The number of methoxy groups -OCH3 is 2. The Hall–Kier alpha value is -1.75. The zero-order chi connectivity index (χ0) is 18.8. The minimum Gasteiger partial charge on any atom is -0.493 e. The van der Waals surface area contributed by atoms with Gasteiger partial charge in [-0.25, -0.2) is 0 Å². The molecule has 2 fully saturated rings. The van der Waals surface area contributed by atoms with Gasteiger partial charge in [0.2, 0.25) is 5.91 Å². The van der Waals surface area contributed by atoms with Gasteiger partial charge in [0.1, 0.15) is 0 Å². The summed E-state index contributed by atoms with van der Waals surface area (Å²) in [6, 6.07) is 4.73. The molecule has 3 aliphatic rings. The zero-order valence-corrected chi connectivity index (χ0v) is 16.7. The van der Waals surface area contributed by atoms with Gasteiger partial charge in [-0.05, 0) is 67.8 Å². The van der Waals surface area contributed by atoms with Gasteiger partial charge in [0.05, 0.1) is 20.8 Å². The molecule has 1 aliphatic carbocycles. The molecular weight excluding hydrogens is 340 g/mol. The van der Waals surface area contributed by atoms with Crippen molar-refractivity contribution in [2.45, 2.75) is 57.5 Å². The minimum atomic E-state index is 0.279. The number of likely N-dealkylation sites (tertiary alicyclic amines) is 1. The van der Waals surface area contributed by atoms with Crippen molar-refractivity contribution in [2.24, 2.45) is 5.92 Å². The first kappa shape index (κ1) is 18.6. The summed E-state index contributed by atoms with van der Waals surface area (Å²) in [5.41, 5.74) is 2.45. The molecule has 0 radical (unpaired) electrons. The maximum absolute atomic E-state index is 13.1.